The summed E-state index contributed by atoms with van der Waals surface area (Å²) >= 11 is 0. The zero-order chi connectivity index (χ0) is 12.6. The first-order valence-electron chi connectivity index (χ1n) is 5.69. The summed E-state index contributed by atoms with van der Waals surface area (Å²) in [7, 11) is 0. The van der Waals surface area contributed by atoms with E-state index in [1.807, 2.05) is 13.8 Å². The van der Waals surface area contributed by atoms with E-state index in [2.05, 4.69) is 26.1 Å². The van der Waals surface area contributed by atoms with Crippen LogP contribution in [0.25, 0.3) is 0 Å². The highest BCUT2D eigenvalue weighted by Crippen LogP contribution is 2.31. The summed E-state index contributed by atoms with van der Waals surface area (Å²) in [6, 6.07) is 0. The van der Waals surface area contributed by atoms with Crippen LogP contribution >= 0.6 is 0 Å². The van der Waals surface area contributed by atoms with Gasteiger partial charge in [-0.25, -0.2) is 0 Å². The molecule has 0 aromatic heterocycles. The topological polar surface area (TPSA) is 49.4 Å². The Balaban J connectivity index is 2.80. The number of hydrogen-bond donors (Lipinski definition) is 1. The lowest BCUT2D eigenvalue weighted by Gasteiger charge is -2.43. The molecule has 0 spiro atoms. The van der Waals surface area contributed by atoms with Gasteiger partial charge in [-0.05, 0) is 25.7 Å². The van der Waals surface area contributed by atoms with E-state index < -0.39 is 0 Å². The average molecular weight is 226 g/mol. The van der Waals surface area contributed by atoms with Crippen molar-refractivity contribution in [3.8, 4) is 0 Å². The molecular formula is C12H22N2O2. The Morgan fingerprint density at radius 1 is 1.19 bits per heavy atom. The molecule has 0 radical (unpaired) electrons. The third-order valence-corrected chi connectivity index (χ3v) is 2.73. The van der Waals surface area contributed by atoms with Crippen LogP contribution in [0.5, 0.6) is 0 Å². The molecule has 1 N–H and O–H groups in total. The number of hydrogen-bond acceptors (Lipinski definition) is 2. The number of nitrogens with one attached hydrogen (secondary N) is 1. The largest absolute Gasteiger partial charge is 0.345 e. The molecule has 4 heteroatoms. The maximum absolute atomic E-state index is 11.8. The van der Waals surface area contributed by atoms with Crippen molar-refractivity contribution in [1.82, 2.24) is 10.2 Å². The highest BCUT2D eigenvalue weighted by atomic mass is 16.2. The van der Waals surface area contributed by atoms with Gasteiger partial charge in [0.15, 0.2) is 0 Å². The van der Waals surface area contributed by atoms with E-state index >= 15 is 0 Å². The Morgan fingerprint density at radius 2 is 1.75 bits per heavy atom. The van der Waals surface area contributed by atoms with Crippen LogP contribution in [0.2, 0.25) is 0 Å². The quantitative estimate of drug-likeness (QED) is 0.768. The molecule has 1 saturated heterocycles. The summed E-state index contributed by atoms with van der Waals surface area (Å²) in [5, 5.41) is 2.57. The Hall–Kier alpha value is -1.06. The summed E-state index contributed by atoms with van der Waals surface area (Å²) in [5.41, 5.74) is -0.134. The molecule has 4 nitrogen and oxygen atoms in total. The van der Waals surface area contributed by atoms with E-state index in [1.165, 1.54) is 0 Å². The van der Waals surface area contributed by atoms with Gasteiger partial charge in [0.1, 0.15) is 6.54 Å². The Bertz CT molecular complexity index is 303. The molecule has 0 aliphatic carbocycles. The normalized spacial score (nSPS) is 18.7. The van der Waals surface area contributed by atoms with Crippen molar-refractivity contribution in [1.29, 1.82) is 0 Å². The van der Waals surface area contributed by atoms with Crippen molar-refractivity contribution in [2.45, 2.75) is 46.6 Å². The van der Waals surface area contributed by atoms with E-state index in [0.717, 1.165) is 6.42 Å². The molecule has 92 valence electrons. The lowest BCUT2D eigenvalue weighted by molar-refractivity contribution is -0.146. The van der Waals surface area contributed by atoms with Crippen molar-refractivity contribution in [2.24, 2.45) is 5.41 Å². The zero-order valence-electron chi connectivity index (χ0n) is 10.9. The summed E-state index contributed by atoms with van der Waals surface area (Å²) in [6.45, 7) is 10.8. The number of piperazine rings is 1. The number of nitrogens with zero attached hydrogens (tertiary/aromatic N) is 1. The highest BCUT2D eigenvalue weighted by Gasteiger charge is 2.37. The molecular weight excluding hydrogens is 204 g/mol. The molecule has 1 aliphatic rings. The van der Waals surface area contributed by atoms with Gasteiger partial charge in [-0.3, -0.25) is 9.59 Å². The van der Waals surface area contributed by atoms with Gasteiger partial charge >= 0.3 is 0 Å². The SMILES string of the molecule is CC(C)(C)CC(C)(C)N1CC(=O)NCC1=O. The predicted octanol–water partition coefficient (Wildman–Crippen LogP) is 1.16. The molecule has 0 atom stereocenters. The van der Waals surface area contributed by atoms with Crippen LogP contribution in [0, 0.1) is 5.41 Å². The van der Waals surface area contributed by atoms with Gasteiger partial charge in [-0.2, -0.15) is 0 Å². The maximum Gasteiger partial charge on any atom is 0.242 e. The Labute approximate surface area is 97.4 Å². The average Bonchev–Trinajstić information content (AvgIpc) is 2.04. The first kappa shape index (κ1) is 13.0. The molecule has 2 amide bonds. The van der Waals surface area contributed by atoms with Crippen molar-refractivity contribution in [3.63, 3.8) is 0 Å². The second-order valence-electron chi connectivity index (χ2n) is 6.31. The van der Waals surface area contributed by atoms with Crippen molar-refractivity contribution in [3.05, 3.63) is 0 Å². The molecule has 0 unspecified atom stereocenters. The Kier molecular flexibility index (Phi) is 3.31. The van der Waals surface area contributed by atoms with E-state index in [9.17, 15) is 9.59 Å². The molecule has 16 heavy (non-hydrogen) atoms. The van der Waals surface area contributed by atoms with Gasteiger partial charge in [0.25, 0.3) is 0 Å². The van der Waals surface area contributed by atoms with Gasteiger partial charge in [0.2, 0.25) is 11.8 Å². The van der Waals surface area contributed by atoms with E-state index in [1.54, 1.807) is 4.90 Å². The van der Waals surface area contributed by atoms with Crippen LogP contribution in [0.4, 0.5) is 0 Å². The minimum Gasteiger partial charge on any atom is -0.345 e. The van der Waals surface area contributed by atoms with Crippen molar-refractivity contribution >= 4 is 11.8 Å². The second kappa shape index (κ2) is 4.07. The highest BCUT2D eigenvalue weighted by molar-refractivity contribution is 5.92. The lowest BCUT2D eigenvalue weighted by Crippen LogP contribution is -2.59. The van der Waals surface area contributed by atoms with Gasteiger partial charge < -0.3 is 10.2 Å². The van der Waals surface area contributed by atoms with E-state index in [4.69, 9.17) is 0 Å². The molecule has 1 aliphatic heterocycles. The van der Waals surface area contributed by atoms with Crippen LogP contribution in [0.3, 0.4) is 0 Å². The van der Waals surface area contributed by atoms with Crippen LogP contribution < -0.4 is 5.32 Å². The standard InChI is InChI=1S/C12H22N2O2/c1-11(2,3)8-12(4,5)14-7-9(15)13-6-10(14)16/h6-8H2,1-5H3,(H,13,15). The molecule has 1 rings (SSSR count). The van der Waals surface area contributed by atoms with Crippen LogP contribution in [-0.4, -0.2) is 35.3 Å². The third-order valence-electron chi connectivity index (χ3n) is 2.73. The van der Waals surface area contributed by atoms with Gasteiger partial charge in [-0.1, -0.05) is 20.8 Å². The monoisotopic (exact) mass is 226 g/mol. The minimum atomic E-state index is -0.271. The van der Waals surface area contributed by atoms with Crippen molar-refractivity contribution < 1.29 is 9.59 Å². The molecule has 1 heterocycles. The molecule has 0 bridgehead atoms. The molecule has 1 fully saturated rings. The lowest BCUT2D eigenvalue weighted by atomic mass is 9.80. The predicted molar refractivity (Wildman–Crippen MR) is 62.9 cm³/mol. The number of carbonyl (C=O) groups is 2. The van der Waals surface area contributed by atoms with Gasteiger partial charge in [-0.15, -0.1) is 0 Å². The van der Waals surface area contributed by atoms with Gasteiger partial charge in [0.05, 0.1) is 6.54 Å². The third kappa shape index (κ3) is 3.22. The number of amides is 2. The van der Waals surface area contributed by atoms with Gasteiger partial charge in [0, 0.05) is 5.54 Å². The number of rotatable bonds is 2. The minimum absolute atomic E-state index is 0.00819. The fourth-order valence-corrected chi connectivity index (χ4v) is 2.50. The molecule has 0 aromatic rings. The number of carbonyl (C=O) groups excluding carboxylic acids is 2. The van der Waals surface area contributed by atoms with E-state index in [-0.39, 0.29) is 35.9 Å². The molecule has 0 aromatic carbocycles. The fourth-order valence-electron chi connectivity index (χ4n) is 2.50. The van der Waals surface area contributed by atoms with E-state index in [0.29, 0.717) is 0 Å². The summed E-state index contributed by atoms with van der Waals surface area (Å²) in [4.78, 5) is 24.8. The van der Waals surface area contributed by atoms with Crippen molar-refractivity contribution in [2.75, 3.05) is 13.1 Å². The fraction of sp³-hybridized carbons (Fsp3) is 0.833. The zero-order valence-corrected chi connectivity index (χ0v) is 10.9. The maximum atomic E-state index is 11.8. The summed E-state index contributed by atoms with van der Waals surface area (Å²) in [6.07, 6.45) is 0.874. The summed E-state index contributed by atoms with van der Waals surface area (Å²) in [5.74, 6) is -0.0598. The molecule has 0 saturated carbocycles. The van der Waals surface area contributed by atoms with Crippen LogP contribution in [0.15, 0.2) is 0 Å². The van der Waals surface area contributed by atoms with Crippen LogP contribution in [0.1, 0.15) is 41.0 Å². The Morgan fingerprint density at radius 3 is 2.25 bits per heavy atom. The summed E-state index contributed by atoms with van der Waals surface area (Å²) < 4.78 is 0. The first-order valence-corrected chi connectivity index (χ1v) is 5.69. The van der Waals surface area contributed by atoms with Crippen LogP contribution in [-0.2, 0) is 9.59 Å². The smallest absolute Gasteiger partial charge is 0.242 e. The second-order valence-corrected chi connectivity index (χ2v) is 6.31. The first-order chi connectivity index (χ1) is 7.12.